The Hall–Kier alpha value is -3.43. The maximum atomic E-state index is 13.0. The minimum atomic E-state index is -0.434. The molecule has 0 aliphatic carbocycles. The molecule has 0 radical (unpaired) electrons. The molecular formula is C22H19ClN4O4S. The van der Waals surface area contributed by atoms with Gasteiger partial charge in [-0.1, -0.05) is 23.7 Å². The summed E-state index contributed by atoms with van der Waals surface area (Å²) in [5.74, 6) is 0.594. The van der Waals surface area contributed by atoms with E-state index in [1.807, 2.05) is 19.1 Å². The highest BCUT2D eigenvalue weighted by molar-refractivity contribution is 7.19. The molecule has 32 heavy (non-hydrogen) atoms. The quantitative estimate of drug-likeness (QED) is 0.455. The molecule has 0 aliphatic rings. The number of rotatable bonds is 6. The number of benzene rings is 2. The Bertz CT molecular complexity index is 1370. The predicted octanol–water partition coefficient (Wildman–Crippen LogP) is 4.14. The third-order valence-corrected chi connectivity index (χ3v) is 5.93. The van der Waals surface area contributed by atoms with Crippen LogP contribution in [-0.4, -0.2) is 34.9 Å². The molecule has 2 aromatic carbocycles. The molecule has 2 heterocycles. The first-order valence-electron chi connectivity index (χ1n) is 9.55. The molecule has 0 bridgehead atoms. The summed E-state index contributed by atoms with van der Waals surface area (Å²) in [5.41, 5.74) is 1.64. The lowest BCUT2D eigenvalue weighted by Gasteiger charge is -2.12. The van der Waals surface area contributed by atoms with E-state index in [1.54, 1.807) is 37.4 Å². The second-order valence-electron chi connectivity index (χ2n) is 6.84. The summed E-state index contributed by atoms with van der Waals surface area (Å²) in [7, 11) is 3.03. The number of halogens is 1. The zero-order valence-electron chi connectivity index (χ0n) is 17.5. The zero-order chi connectivity index (χ0) is 22.8. The van der Waals surface area contributed by atoms with Crippen LogP contribution >= 0.6 is 22.9 Å². The average Bonchev–Trinajstić information content (AvgIpc) is 3.18. The summed E-state index contributed by atoms with van der Waals surface area (Å²) in [6.45, 7) is 1.53. The van der Waals surface area contributed by atoms with Crippen molar-refractivity contribution in [1.82, 2.24) is 14.8 Å². The van der Waals surface area contributed by atoms with Gasteiger partial charge in [-0.15, -0.1) is 11.3 Å². The first-order valence-corrected chi connectivity index (χ1v) is 10.7. The maximum Gasteiger partial charge on any atom is 0.294 e. The number of methoxy groups -OCH3 is 2. The number of nitrogens with zero attached hydrogens (tertiary/aromatic N) is 3. The lowest BCUT2D eigenvalue weighted by molar-refractivity contribution is -0.117. The third-order valence-electron chi connectivity index (χ3n) is 4.70. The number of ether oxygens (including phenoxy) is 2. The number of hydrogen-bond acceptors (Lipinski definition) is 7. The van der Waals surface area contributed by atoms with E-state index in [4.69, 9.17) is 21.1 Å². The topological polar surface area (TPSA) is 95.3 Å². The van der Waals surface area contributed by atoms with Crippen molar-refractivity contribution in [3.8, 4) is 22.8 Å². The Labute approximate surface area is 192 Å². The molecule has 0 spiro atoms. The van der Waals surface area contributed by atoms with E-state index in [9.17, 15) is 9.59 Å². The van der Waals surface area contributed by atoms with Crippen molar-refractivity contribution >= 4 is 44.7 Å². The van der Waals surface area contributed by atoms with Gasteiger partial charge in [-0.2, -0.15) is 5.10 Å². The highest BCUT2D eigenvalue weighted by Gasteiger charge is 2.18. The van der Waals surface area contributed by atoms with Gasteiger partial charge in [0.15, 0.2) is 5.52 Å². The van der Waals surface area contributed by atoms with E-state index in [0.717, 1.165) is 15.3 Å². The van der Waals surface area contributed by atoms with Gasteiger partial charge in [-0.05, 0) is 31.2 Å². The molecule has 4 aromatic rings. The standard InChI is InChI=1S/C22H19ClN4O4S/c1-12-24-20-21(32-12)19(13-4-6-14(23)7-5-13)26-27(22(20)29)11-18(28)25-16-9-8-15(30-2)10-17(16)31-3/h4-10H,11H2,1-3H3,(H,25,28). The highest BCUT2D eigenvalue weighted by atomic mass is 35.5. The number of carbonyl (C=O) groups is 1. The Morgan fingerprint density at radius 2 is 1.91 bits per heavy atom. The first-order chi connectivity index (χ1) is 15.4. The Balaban J connectivity index is 1.70. The number of carbonyl (C=O) groups excluding carboxylic acids is 1. The van der Waals surface area contributed by atoms with Gasteiger partial charge in [0.2, 0.25) is 5.91 Å². The Morgan fingerprint density at radius 3 is 2.59 bits per heavy atom. The van der Waals surface area contributed by atoms with Crippen LogP contribution in [0.25, 0.3) is 21.5 Å². The predicted molar refractivity (Wildman–Crippen MR) is 125 cm³/mol. The number of aryl methyl sites for hydroxylation is 1. The largest absolute Gasteiger partial charge is 0.497 e. The van der Waals surface area contributed by atoms with Gasteiger partial charge in [0.25, 0.3) is 5.56 Å². The van der Waals surface area contributed by atoms with Gasteiger partial charge in [0, 0.05) is 16.7 Å². The molecule has 0 saturated heterocycles. The van der Waals surface area contributed by atoms with E-state index < -0.39 is 11.5 Å². The molecule has 8 nitrogen and oxygen atoms in total. The molecule has 1 N–H and O–H groups in total. The maximum absolute atomic E-state index is 13.0. The van der Waals surface area contributed by atoms with Crippen LogP contribution in [0.4, 0.5) is 5.69 Å². The summed E-state index contributed by atoms with van der Waals surface area (Å²) >= 11 is 7.39. The second kappa shape index (κ2) is 8.97. The minimum absolute atomic E-state index is 0.280. The fourth-order valence-corrected chi connectivity index (χ4v) is 4.24. The van der Waals surface area contributed by atoms with Crippen molar-refractivity contribution in [3.05, 3.63) is 62.8 Å². The number of hydrogen-bond donors (Lipinski definition) is 1. The minimum Gasteiger partial charge on any atom is -0.497 e. The molecular weight excluding hydrogens is 452 g/mol. The van der Waals surface area contributed by atoms with Crippen LogP contribution in [0.2, 0.25) is 5.02 Å². The van der Waals surface area contributed by atoms with Gasteiger partial charge in [-0.3, -0.25) is 9.59 Å². The smallest absolute Gasteiger partial charge is 0.294 e. The molecule has 2 aromatic heterocycles. The van der Waals surface area contributed by atoms with Crippen LogP contribution in [-0.2, 0) is 11.3 Å². The fourth-order valence-electron chi connectivity index (χ4n) is 3.20. The molecule has 0 fully saturated rings. The average molecular weight is 471 g/mol. The van der Waals surface area contributed by atoms with Crippen LogP contribution in [0.3, 0.4) is 0 Å². The van der Waals surface area contributed by atoms with Crippen molar-refractivity contribution in [2.24, 2.45) is 0 Å². The van der Waals surface area contributed by atoms with Crippen molar-refractivity contribution in [1.29, 1.82) is 0 Å². The number of amides is 1. The van der Waals surface area contributed by atoms with Crippen molar-refractivity contribution < 1.29 is 14.3 Å². The van der Waals surface area contributed by atoms with Gasteiger partial charge in [0.1, 0.15) is 23.7 Å². The van der Waals surface area contributed by atoms with Crippen LogP contribution in [0, 0.1) is 6.92 Å². The van der Waals surface area contributed by atoms with E-state index in [-0.39, 0.29) is 12.1 Å². The van der Waals surface area contributed by atoms with Crippen LogP contribution in [0.5, 0.6) is 11.5 Å². The number of aromatic nitrogens is 3. The molecule has 0 aliphatic heterocycles. The normalized spacial score (nSPS) is 10.9. The van der Waals surface area contributed by atoms with Crippen LogP contribution < -0.4 is 20.3 Å². The van der Waals surface area contributed by atoms with E-state index in [2.05, 4.69) is 15.4 Å². The fraction of sp³-hybridized carbons (Fsp3) is 0.182. The number of thiazole rings is 1. The molecule has 10 heteroatoms. The van der Waals surface area contributed by atoms with Crippen molar-refractivity contribution in [3.63, 3.8) is 0 Å². The molecule has 0 unspecified atom stereocenters. The summed E-state index contributed by atoms with van der Waals surface area (Å²) in [5, 5.41) is 8.56. The third kappa shape index (κ3) is 4.30. The Morgan fingerprint density at radius 1 is 1.16 bits per heavy atom. The van der Waals surface area contributed by atoms with Gasteiger partial charge in [0.05, 0.1) is 29.6 Å². The Kier molecular flexibility index (Phi) is 6.11. The SMILES string of the molecule is COc1ccc(NC(=O)Cn2nc(-c3ccc(Cl)cc3)c3sc(C)nc3c2=O)c(OC)c1. The highest BCUT2D eigenvalue weighted by Crippen LogP contribution is 2.31. The second-order valence-corrected chi connectivity index (χ2v) is 8.48. The van der Waals surface area contributed by atoms with Gasteiger partial charge < -0.3 is 14.8 Å². The summed E-state index contributed by atoms with van der Waals surface area (Å²) in [4.78, 5) is 30.1. The lowest BCUT2D eigenvalue weighted by atomic mass is 10.1. The summed E-state index contributed by atoms with van der Waals surface area (Å²) in [6, 6.07) is 12.1. The molecule has 0 saturated carbocycles. The number of fused-ring (bicyclic) bond motifs is 1. The summed E-state index contributed by atoms with van der Waals surface area (Å²) in [6.07, 6.45) is 0. The van der Waals surface area contributed by atoms with Crippen LogP contribution in [0.1, 0.15) is 5.01 Å². The van der Waals surface area contributed by atoms with E-state index >= 15 is 0 Å². The summed E-state index contributed by atoms with van der Waals surface area (Å²) < 4.78 is 12.3. The zero-order valence-corrected chi connectivity index (χ0v) is 19.1. The van der Waals surface area contributed by atoms with Crippen molar-refractivity contribution in [2.45, 2.75) is 13.5 Å². The number of nitrogens with one attached hydrogen (secondary N) is 1. The van der Waals surface area contributed by atoms with E-state index in [1.165, 1.54) is 18.4 Å². The lowest BCUT2D eigenvalue weighted by Crippen LogP contribution is -2.30. The monoisotopic (exact) mass is 470 g/mol. The van der Waals surface area contributed by atoms with Gasteiger partial charge >= 0.3 is 0 Å². The number of anilines is 1. The molecule has 0 atom stereocenters. The van der Waals surface area contributed by atoms with Crippen LogP contribution in [0.15, 0.2) is 47.3 Å². The van der Waals surface area contributed by atoms with E-state index in [0.29, 0.717) is 32.6 Å². The molecule has 1 amide bonds. The first kappa shape index (κ1) is 21.8. The van der Waals surface area contributed by atoms with Gasteiger partial charge in [-0.25, -0.2) is 9.67 Å². The van der Waals surface area contributed by atoms with Crippen molar-refractivity contribution in [2.75, 3.05) is 19.5 Å². The molecule has 164 valence electrons. The molecule has 4 rings (SSSR count).